The molecule has 0 spiro atoms. The minimum Gasteiger partial charge on any atom is -0.332 e. The molecule has 1 N–H and O–H groups in total. The Morgan fingerprint density at radius 2 is 1.54 bits per heavy atom. The maximum absolute atomic E-state index is 5.02. The van der Waals surface area contributed by atoms with E-state index in [9.17, 15) is 0 Å². The Kier molecular flexibility index (Phi) is 3.23. The Morgan fingerprint density at radius 1 is 0.833 bits per heavy atom. The van der Waals surface area contributed by atoms with Crippen molar-refractivity contribution in [3.8, 4) is 11.3 Å². The summed E-state index contributed by atoms with van der Waals surface area (Å²) >= 11 is 0. The summed E-state index contributed by atoms with van der Waals surface area (Å²) in [6.07, 6.45) is 2.46. The number of piperazine rings is 1. The molecule has 3 heterocycles. The molecule has 1 aromatic heterocycles. The second-order valence-electron chi connectivity index (χ2n) is 6.71. The number of fused-ring (bicyclic) bond motifs is 3. The van der Waals surface area contributed by atoms with Crippen LogP contribution in [0.4, 0.5) is 5.95 Å². The summed E-state index contributed by atoms with van der Waals surface area (Å²) < 4.78 is 0. The summed E-state index contributed by atoms with van der Waals surface area (Å²) in [4.78, 5) is 12.4. The zero-order valence-electron chi connectivity index (χ0n) is 13.5. The molecule has 3 aromatic rings. The summed E-state index contributed by atoms with van der Waals surface area (Å²) in [6, 6.07) is 19.8. The van der Waals surface area contributed by atoms with E-state index in [1.165, 1.54) is 12.8 Å². The average Bonchev–Trinajstić information content (AvgIpc) is 2.90. The Hall–Kier alpha value is -2.46. The third kappa shape index (κ3) is 2.18. The predicted molar refractivity (Wildman–Crippen MR) is 97.1 cm³/mol. The van der Waals surface area contributed by atoms with Gasteiger partial charge in [0.05, 0.1) is 11.2 Å². The lowest BCUT2D eigenvalue weighted by Crippen LogP contribution is -2.52. The zero-order chi connectivity index (χ0) is 15.9. The van der Waals surface area contributed by atoms with Crippen LogP contribution in [0.3, 0.4) is 0 Å². The summed E-state index contributed by atoms with van der Waals surface area (Å²) in [5.41, 5.74) is 3.22. The molecule has 2 fully saturated rings. The van der Waals surface area contributed by atoms with Gasteiger partial charge < -0.3 is 10.2 Å². The second-order valence-corrected chi connectivity index (χ2v) is 6.71. The highest BCUT2D eigenvalue weighted by Gasteiger charge is 2.38. The molecule has 2 bridgehead atoms. The largest absolute Gasteiger partial charge is 0.332 e. The lowest BCUT2D eigenvalue weighted by Gasteiger charge is -2.35. The van der Waals surface area contributed by atoms with Gasteiger partial charge in [-0.3, -0.25) is 0 Å². The van der Waals surface area contributed by atoms with Gasteiger partial charge in [0.1, 0.15) is 0 Å². The molecule has 2 saturated heterocycles. The van der Waals surface area contributed by atoms with Crippen LogP contribution >= 0.6 is 0 Å². The lowest BCUT2D eigenvalue weighted by atomic mass is 10.1. The molecule has 0 radical (unpaired) electrons. The van der Waals surface area contributed by atoms with Crippen molar-refractivity contribution in [1.82, 2.24) is 15.3 Å². The van der Waals surface area contributed by atoms with Crippen molar-refractivity contribution in [2.45, 2.75) is 24.9 Å². The van der Waals surface area contributed by atoms with E-state index in [0.717, 1.165) is 41.2 Å². The Morgan fingerprint density at radius 3 is 2.33 bits per heavy atom. The van der Waals surface area contributed by atoms with Gasteiger partial charge in [-0.25, -0.2) is 9.97 Å². The second kappa shape index (κ2) is 5.56. The van der Waals surface area contributed by atoms with Crippen molar-refractivity contribution < 1.29 is 0 Å². The third-order valence-corrected chi connectivity index (χ3v) is 5.25. The number of anilines is 1. The van der Waals surface area contributed by atoms with Gasteiger partial charge in [-0.05, 0) is 18.9 Å². The molecule has 4 heteroatoms. The molecule has 4 nitrogen and oxygen atoms in total. The fourth-order valence-electron chi connectivity index (χ4n) is 4.10. The van der Waals surface area contributed by atoms with Gasteiger partial charge in [-0.15, -0.1) is 0 Å². The molecule has 2 atom stereocenters. The van der Waals surface area contributed by atoms with Crippen molar-refractivity contribution >= 4 is 16.9 Å². The monoisotopic (exact) mass is 316 g/mol. The fourth-order valence-corrected chi connectivity index (χ4v) is 4.10. The van der Waals surface area contributed by atoms with Crippen LogP contribution in [0.25, 0.3) is 22.2 Å². The first-order valence-corrected chi connectivity index (χ1v) is 8.71. The standard InChI is InChI=1S/C20H20N4/c1-2-6-14(7-3-1)19-17-8-4-5-9-18(17)22-20(23-19)24-15-10-11-16(24)13-21-12-15/h1-9,15-16,21H,10-13H2. The Balaban J connectivity index is 1.71. The van der Waals surface area contributed by atoms with Crippen LogP contribution in [0.5, 0.6) is 0 Å². The fraction of sp³-hybridized carbons (Fsp3) is 0.300. The van der Waals surface area contributed by atoms with Crippen LogP contribution in [0.15, 0.2) is 54.6 Å². The van der Waals surface area contributed by atoms with E-state index >= 15 is 0 Å². The molecule has 2 aliphatic heterocycles. The van der Waals surface area contributed by atoms with Crippen molar-refractivity contribution in [1.29, 1.82) is 0 Å². The summed E-state index contributed by atoms with van der Waals surface area (Å²) in [5, 5.41) is 4.65. The maximum atomic E-state index is 5.02. The van der Waals surface area contributed by atoms with Crippen LogP contribution in [0.1, 0.15) is 12.8 Å². The molecular weight excluding hydrogens is 296 g/mol. The van der Waals surface area contributed by atoms with E-state index < -0.39 is 0 Å². The van der Waals surface area contributed by atoms with E-state index in [2.05, 4.69) is 58.7 Å². The number of para-hydroxylation sites is 1. The lowest BCUT2D eigenvalue weighted by molar-refractivity contribution is 0.477. The summed E-state index contributed by atoms with van der Waals surface area (Å²) in [7, 11) is 0. The van der Waals surface area contributed by atoms with E-state index in [-0.39, 0.29) is 0 Å². The van der Waals surface area contributed by atoms with Gasteiger partial charge in [0.15, 0.2) is 0 Å². The molecule has 2 aromatic carbocycles. The zero-order valence-corrected chi connectivity index (χ0v) is 13.5. The van der Waals surface area contributed by atoms with E-state index in [1.54, 1.807) is 0 Å². The molecule has 0 aliphatic carbocycles. The van der Waals surface area contributed by atoms with Crippen LogP contribution in [-0.4, -0.2) is 35.1 Å². The van der Waals surface area contributed by atoms with Crippen molar-refractivity contribution in [3.63, 3.8) is 0 Å². The van der Waals surface area contributed by atoms with Gasteiger partial charge in [-0.1, -0.05) is 48.5 Å². The maximum Gasteiger partial charge on any atom is 0.227 e. The molecule has 120 valence electrons. The molecule has 0 amide bonds. The van der Waals surface area contributed by atoms with E-state index in [1.807, 2.05) is 6.07 Å². The first-order chi connectivity index (χ1) is 11.9. The number of nitrogens with one attached hydrogen (secondary N) is 1. The number of hydrogen-bond acceptors (Lipinski definition) is 4. The van der Waals surface area contributed by atoms with Gasteiger partial charge >= 0.3 is 0 Å². The molecule has 2 aliphatic rings. The van der Waals surface area contributed by atoms with Gasteiger partial charge in [-0.2, -0.15) is 0 Å². The van der Waals surface area contributed by atoms with Gasteiger partial charge in [0.25, 0.3) is 0 Å². The number of nitrogens with zero attached hydrogens (tertiary/aromatic N) is 3. The van der Waals surface area contributed by atoms with E-state index in [4.69, 9.17) is 9.97 Å². The highest BCUT2D eigenvalue weighted by Crippen LogP contribution is 2.34. The van der Waals surface area contributed by atoms with E-state index in [0.29, 0.717) is 12.1 Å². The molecule has 24 heavy (non-hydrogen) atoms. The minimum absolute atomic E-state index is 0.522. The number of benzene rings is 2. The van der Waals surface area contributed by atoms with Crippen LogP contribution < -0.4 is 10.2 Å². The molecular formula is C20H20N4. The van der Waals surface area contributed by atoms with Gasteiger partial charge in [0, 0.05) is 36.1 Å². The van der Waals surface area contributed by atoms with Gasteiger partial charge in [0.2, 0.25) is 5.95 Å². The average molecular weight is 316 g/mol. The highest BCUT2D eigenvalue weighted by molar-refractivity contribution is 5.93. The normalized spacial score (nSPS) is 22.9. The summed E-state index contributed by atoms with van der Waals surface area (Å²) in [6.45, 7) is 2.07. The summed E-state index contributed by atoms with van der Waals surface area (Å²) in [5.74, 6) is 0.890. The van der Waals surface area contributed by atoms with Crippen LogP contribution in [0, 0.1) is 0 Å². The van der Waals surface area contributed by atoms with Crippen LogP contribution in [0.2, 0.25) is 0 Å². The van der Waals surface area contributed by atoms with Crippen molar-refractivity contribution in [2.24, 2.45) is 0 Å². The smallest absolute Gasteiger partial charge is 0.227 e. The quantitative estimate of drug-likeness (QED) is 0.788. The Bertz CT molecular complexity index is 861. The van der Waals surface area contributed by atoms with Crippen molar-refractivity contribution in [3.05, 3.63) is 54.6 Å². The van der Waals surface area contributed by atoms with Crippen molar-refractivity contribution in [2.75, 3.05) is 18.0 Å². The molecule has 5 rings (SSSR count). The molecule has 2 unspecified atom stereocenters. The predicted octanol–water partition coefficient (Wildman–Crippen LogP) is 3.24. The number of rotatable bonds is 2. The first-order valence-electron chi connectivity index (χ1n) is 8.71. The third-order valence-electron chi connectivity index (χ3n) is 5.25. The molecule has 0 saturated carbocycles. The number of hydrogen-bond donors (Lipinski definition) is 1. The van der Waals surface area contributed by atoms with Crippen LogP contribution in [-0.2, 0) is 0 Å². The first kappa shape index (κ1) is 13.9. The highest BCUT2D eigenvalue weighted by atomic mass is 15.3. The minimum atomic E-state index is 0.522. The SMILES string of the molecule is c1ccc(-c2nc(N3C4CCC3CNC4)nc3ccccc23)cc1. The number of aromatic nitrogens is 2. The topological polar surface area (TPSA) is 41.1 Å². The Labute approximate surface area is 141 Å².